The second-order valence-electron chi connectivity index (χ2n) is 12.4. The lowest BCUT2D eigenvalue weighted by molar-refractivity contribution is -0.207. The molecule has 0 spiro atoms. The lowest BCUT2D eigenvalue weighted by Gasteiger charge is -2.36. The van der Waals surface area contributed by atoms with Crippen LogP contribution in [0.25, 0.3) is 11.0 Å². The molecule has 218 valence electrons. The van der Waals surface area contributed by atoms with Gasteiger partial charge < -0.3 is 28.3 Å². The van der Waals surface area contributed by atoms with E-state index in [4.69, 9.17) is 53.4 Å². The molecule has 2 saturated heterocycles. The Labute approximate surface area is 251 Å². The zero-order chi connectivity index (χ0) is 29.2. The van der Waals surface area contributed by atoms with Gasteiger partial charge in [-0.15, -0.1) is 0 Å². The van der Waals surface area contributed by atoms with Gasteiger partial charge in [0.2, 0.25) is 0 Å². The SMILES string of the molecule is CC1(C)O[C@@H]2[C@H](O1)[C@@H](C(O)c1cc(Cl)c(Cl)cc1CCO[Si](C)(C)C(C)(C)C)O[C@H]2n1ccc2c(Cl)ncnc21. The van der Waals surface area contributed by atoms with E-state index in [1.807, 2.05) is 30.7 Å². The van der Waals surface area contributed by atoms with Crippen LogP contribution in [0.5, 0.6) is 0 Å². The molecule has 3 aromatic rings. The van der Waals surface area contributed by atoms with Gasteiger partial charge in [0, 0.05) is 12.8 Å². The van der Waals surface area contributed by atoms with Gasteiger partial charge in [0.15, 0.2) is 20.3 Å². The van der Waals surface area contributed by atoms with Gasteiger partial charge in [0.1, 0.15) is 41.5 Å². The lowest BCUT2D eigenvalue weighted by atomic mass is 9.94. The third kappa shape index (κ3) is 5.57. The lowest BCUT2D eigenvalue weighted by Crippen LogP contribution is -2.41. The summed E-state index contributed by atoms with van der Waals surface area (Å²) in [5.74, 6) is -0.873. The van der Waals surface area contributed by atoms with Crippen LogP contribution in [0, 0.1) is 0 Å². The van der Waals surface area contributed by atoms with Crippen LogP contribution in [-0.4, -0.2) is 58.7 Å². The molecule has 4 heterocycles. The number of benzene rings is 1. The normalized spacial score (nSPS) is 25.5. The third-order valence-electron chi connectivity index (χ3n) is 8.25. The quantitative estimate of drug-likeness (QED) is 0.220. The number of halogens is 3. The van der Waals surface area contributed by atoms with Crippen molar-refractivity contribution in [3.05, 3.63) is 57.0 Å². The molecule has 8 nitrogen and oxygen atoms in total. The van der Waals surface area contributed by atoms with Crippen molar-refractivity contribution in [1.82, 2.24) is 14.5 Å². The van der Waals surface area contributed by atoms with E-state index < -0.39 is 44.7 Å². The van der Waals surface area contributed by atoms with Gasteiger partial charge in [0.25, 0.3) is 0 Å². The maximum atomic E-state index is 11.8. The largest absolute Gasteiger partial charge is 0.416 e. The van der Waals surface area contributed by atoms with Crippen molar-refractivity contribution in [1.29, 1.82) is 0 Å². The first-order valence-corrected chi connectivity index (χ1v) is 17.4. The Morgan fingerprint density at radius 2 is 1.77 bits per heavy atom. The van der Waals surface area contributed by atoms with Gasteiger partial charge >= 0.3 is 0 Å². The average molecular weight is 629 g/mol. The molecule has 1 unspecified atom stereocenters. The smallest absolute Gasteiger partial charge is 0.191 e. The Morgan fingerprint density at radius 3 is 2.48 bits per heavy atom. The summed E-state index contributed by atoms with van der Waals surface area (Å²) >= 11 is 19.2. The number of aromatic nitrogens is 3. The molecule has 5 rings (SSSR count). The molecule has 12 heteroatoms. The van der Waals surface area contributed by atoms with Crippen LogP contribution >= 0.6 is 34.8 Å². The highest BCUT2D eigenvalue weighted by molar-refractivity contribution is 6.74. The minimum absolute atomic E-state index is 0.0824. The van der Waals surface area contributed by atoms with E-state index >= 15 is 0 Å². The summed E-state index contributed by atoms with van der Waals surface area (Å²) in [6, 6.07) is 5.34. The van der Waals surface area contributed by atoms with Crippen molar-refractivity contribution in [2.24, 2.45) is 0 Å². The Morgan fingerprint density at radius 1 is 1.10 bits per heavy atom. The number of fused-ring (bicyclic) bond motifs is 2. The molecule has 2 aromatic heterocycles. The molecular weight excluding hydrogens is 593 g/mol. The molecule has 5 atom stereocenters. The summed E-state index contributed by atoms with van der Waals surface area (Å²) in [6.45, 7) is 15.2. The van der Waals surface area contributed by atoms with Crippen LogP contribution in [0.4, 0.5) is 0 Å². The fourth-order valence-electron chi connectivity index (χ4n) is 5.14. The number of hydrogen-bond acceptors (Lipinski definition) is 7. The molecule has 0 bridgehead atoms. The van der Waals surface area contributed by atoms with Crippen molar-refractivity contribution in [2.75, 3.05) is 6.61 Å². The second-order valence-corrected chi connectivity index (χ2v) is 18.4. The van der Waals surface area contributed by atoms with E-state index in [-0.39, 0.29) is 5.04 Å². The average Bonchev–Trinajstić information content (AvgIpc) is 3.51. The third-order valence-corrected chi connectivity index (χ3v) is 13.8. The molecule has 1 aromatic carbocycles. The number of rotatable bonds is 7. The van der Waals surface area contributed by atoms with Crippen LogP contribution in [0.1, 0.15) is 58.1 Å². The Hall–Kier alpha value is -1.27. The van der Waals surface area contributed by atoms with Gasteiger partial charge in [-0.05, 0) is 67.7 Å². The van der Waals surface area contributed by atoms with Crippen molar-refractivity contribution >= 4 is 54.2 Å². The zero-order valence-electron chi connectivity index (χ0n) is 23.7. The number of hydrogen-bond donors (Lipinski definition) is 1. The monoisotopic (exact) mass is 627 g/mol. The number of nitrogens with zero attached hydrogens (tertiary/aromatic N) is 3. The molecule has 0 saturated carbocycles. The fourth-order valence-corrected chi connectivity index (χ4v) is 6.73. The van der Waals surface area contributed by atoms with Gasteiger partial charge in [-0.25, -0.2) is 9.97 Å². The first-order valence-electron chi connectivity index (χ1n) is 13.4. The summed E-state index contributed by atoms with van der Waals surface area (Å²) in [4.78, 5) is 8.49. The van der Waals surface area contributed by atoms with E-state index in [1.165, 1.54) is 6.33 Å². The van der Waals surface area contributed by atoms with Crippen molar-refractivity contribution in [2.45, 2.75) is 95.6 Å². The number of ether oxygens (including phenoxy) is 3. The molecular formula is C28H36Cl3N3O5Si. The molecule has 0 radical (unpaired) electrons. The number of aliphatic hydroxyl groups excluding tert-OH is 1. The maximum Gasteiger partial charge on any atom is 0.191 e. The Bertz CT molecular complexity index is 1410. The summed E-state index contributed by atoms with van der Waals surface area (Å²) in [6.07, 6.45) is 0.269. The van der Waals surface area contributed by atoms with Crippen molar-refractivity contribution in [3.63, 3.8) is 0 Å². The molecule has 2 aliphatic heterocycles. The molecule has 2 fully saturated rings. The zero-order valence-corrected chi connectivity index (χ0v) is 27.0. The first-order chi connectivity index (χ1) is 18.6. The van der Waals surface area contributed by atoms with Crippen molar-refractivity contribution < 1.29 is 23.7 Å². The Kier molecular flexibility index (Phi) is 8.13. The molecule has 2 aliphatic rings. The highest BCUT2D eigenvalue weighted by atomic mass is 35.5. The number of aliphatic hydroxyl groups is 1. The van der Waals surface area contributed by atoms with Gasteiger partial charge in [-0.3, -0.25) is 0 Å². The van der Waals surface area contributed by atoms with E-state index in [0.717, 1.165) is 5.56 Å². The van der Waals surface area contributed by atoms with E-state index in [9.17, 15) is 5.11 Å². The van der Waals surface area contributed by atoms with Gasteiger partial charge in [0.05, 0.1) is 15.4 Å². The first kappa shape index (κ1) is 30.2. The van der Waals surface area contributed by atoms with Gasteiger partial charge in [-0.2, -0.15) is 0 Å². The van der Waals surface area contributed by atoms with Crippen LogP contribution < -0.4 is 0 Å². The van der Waals surface area contributed by atoms with E-state index in [1.54, 1.807) is 12.1 Å². The van der Waals surface area contributed by atoms with Gasteiger partial charge in [-0.1, -0.05) is 55.6 Å². The molecule has 0 aliphatic carbocycles. The minimum atomic E-state index is -1.96. The van der Waals surface area contributed by atoms with Crippen LogP contribution in [0.3, 0.4) is 0 Å². The fraction of sp³-hybridized carbons (Fsp3) is 0.571. The highest BCUT2D eigenvalue weighted by Gasteiger charge is 2.58. The van der Waals surface area contributed by atoms with Crippen molar-refractivity contribution in [3.8, 4) is 0 Å². The summed E-state index contributed by atoms with van der Waals surface area (Å²) in [5, 5.41) is 13.7. The van der Waals surface area contributed by atoms with E-state index in [2.05, 4.69) is 43.8 Å². The van der Waals surface area contributed by atoms with Crippen LogP contribution in [0.15, 0.2) is 30.7 Å². The van der Waals surface area contributed by atoms with E-state index in [0.29, 0.717) is 44.8 Å². The van der Waals surface area contributed by atoms with Crippen LogP contribution in [-0.2, 0) is 25.1 Å². The topological polar surface area (TPSA) is 87.9 Å². The highest BCUT2D eigenvalue weighted by Crippen LogP contribution is 2.48. The summed E-state index contributed by atoms with van der Waals surface area (Å²) < 4.78 is 27.4. The maximum absolute atomic E-state index is 11.8. The second kappa shape index (κ2) is 10.8. The molecule has 1 N–H and O–H groups in total. The molecule has 0 amide bonds. The van der Waals surface area contributed by atoms with Crippen LogP contribution in [0.2, 0.25) is 33.3 Å². The summed E-state index contributed by atoms with van der Waals surface area (Å²) in [5.41, 5.74) is 2.06. The minimum Gasteiger partial charge on any atom is -0.416 e. The molecule has 40 heavy (non-hydrogen) atoms. The summed E-state index contributed by atoms with van der Waals surface area (Å²) in [7, 11) is -1.96. The Balaban J connectivity index is 1.46. The standard InChI is InChI=1S/C28H36Cl3N3O5Si/c1-27(2,3)40(6,7)36-11-9-15-12-18(29)19(30)13-17(15)20(35)21-22-23(39-28(4,5)38-22)26(37-21)34-10-8-16-24(31)32-14-33-25(16)34/h8,10,12-14,20-23,26,35H,9,11H2,1-7H3/t20?,21-,22-,23-,26-/m1/s1. The predicted molar refractivity (Wildman–Crippen MR) is 159 cm³/mol. The predicted octanol–water partition coefficient (Wildman–Crippen LogP) is 7.11.